The molecule has 2 aromatic heterocycles. The van der Waals surface area contributed by atoms with E-state index in [9.17, 15) is 0 Å². The maximum absolute atomic E-state index is 6.82. The van der Waals surface area contributed by atoms with Crippen molar-refractivity contribution in [1.29, 1.82) is 0 Å². The van der Waals surface area contributed by atoms with Crippen LogP contribution in [-0.2, 0) is 10.2 Å². The van der Waals surface area contributed by atoms with Crippen LogP contribution in [0.3, 0.4) is 0 Å². The number of nitrogens with zero attached hydrogens (tertiary/aromatic N) is 3. The second kappa shape index (κ2) is 8.95. The van der Waals surface area contributed by atoms with E-state index in [1.807, 2.05) is 6.20 Å². The normalized spacial score (nSPS) is 21.8. The van der Waals surface area contributed by atoms with Crippen molar-refractivity contribution in [2.24, 2.45) is 4.99 Å². The number of aromatic nitrogens is 2. The van der Waals surface area contributed by atoms with Crippen LogP contribution in [0, 0.1) is 27.7 Å². The van der Waals surface area contributed by atoms with Crippen LogP contribution in [0.25, 0.3) is 27.6 Å². The van der Waals surface area contributed by atoms with Crippen molar-refractivity contribution in [2.75, 3.05) is 0 Å². The van der Waals surface area contributed by atoms with Gasteiger partial charge in [0.1, 0.15) is 23.3 Å². The van der Waals surface area contributed by atoms with E-state index in [1.165, 1.54) is 45.8 Å². The molecule has 0 spiro atoms. The molecule has 8 rings (SSSR count). The van der Waals surface area contributed by atoms with Gasteiger partial charge in [0.05, 0.1) is 16.7 Å². The molecule has 0 radical (unpaired) electrons. The Morgan fingerprint density at radius 2 is 1.65 bits per heavy atom. The third kappa shape index (κ3) is 3.76. The summed E-state index contributed by atoms with van der Waals surface area (Å²) in [5, 5.41) is 2.44. The largest absolute Gasteiger partial charge is 0.472 e. The fraction of sp³-hybridized carbons (Fsp3) is 0.368. The number of aliphatic imine (C=N–C) groups is 1. The van der Waals surface area contributed by atoms with Gasteiger partial charge in [-0.2, -0.15) is 0 Å². The topological polar surface area (TPSA) is 48.6 Å². The van der Waals surface area contributed by atoms with Crippen LogP contribution in [-0.4, -0.2) is 27.1 Å². The van der Waals surface area contributed by atoms with Gasteiger partial charge in [-0.15, -0.1) is 0 Å². The lowest BCUT2D eigenvalue weighted by atomic mass is 9.74. The SMILES string of the molecule is Cc1cnc2c(c1)c1cccc3c1n2-c1cc(Oc2cc(C4=N[C@@]5(C)CCCC[C@@H]5O4)c(C)cc2C)c(C)cc1C3(C)C. The lowest BCUT2D eigenvalue weighted by molar-refractivity contribution is 0.104. The zero-order valence-corrected chi connectivity index (χ0v) is 26.3. The third-order valence-corrected chi connectivity index (χ3v) is 10.3. The van der Waals surface area contributed by atoms with Gasteiger partial charge in [-0.25, -0.2) is 9.98 Å². The summed E-state index contributed by atoms with van der Waals surface area (Å²) in [7, 11) is 0. The molecule has 5 heteroatoms. The molecule has 0 N–H and O–H groups in total. The van der Waals surface area contributed by atoms with Gasteiger partial charge in [0.15, 0.2) is 0 Å². The molecule has 2 atom stereocenters. The Hall–Kier alpha value is -4.12. The molecule has 3 aliphatic rings. The molecule has 43 heavy (non-hydrogen) atoms. The summed E-state index contributed by atoms with van der Waals surface area (Å²) >= 11 is 0. The molecule has 0 amide bonds. The van der Waals surface area contributed by atoms with E-state index in [-0.39, 0.29) is 17.1 Å². The highest BCUT2D eigenvalue weighted by molar-refractivity contribution is 6.10. The van der Waals surface area contributed by atoms with Crippen molar-refractivity contribution in [3.05, 3.63) is 93.7 Å². The van der Waals surface area contributed by atoms with Gasteiger partial charge in [-0.1, -0.05) is 44.5 Å². The molecule has 1 fully saturated rings. The molecule has 0 unspecified atom stereocenters. The first-order chi connectivity index (χ1) is 20.5. The van der Waals surface area contributed by atoms with Gasteiger partial charge in [0.25, 0.3) is 0 Å². The van der Waals surface area contributed by atoms with Crippen molar-refractivity contribution < 1.29 is 9.47 Å². The van der Waals surface area contributed by atoms with E-state index in [2.05, 4.69) is 102 Å². The summed E-state index contributed by atoms with van der Waals surface area (Å²) in [5.74, 6) is 2.45. The Morgan fingerprint density at radius 1 is 0.860 bits per heavy atom. The minimum atomic E-state index is -0.171. The Balaban J connectivity index is 1.27. The number of hydrogen-bond acceptors (Lipinski definition) is 4. The molecule has 0 bridgehead atoms. The highest BCUT2D eigenvalue weighted by Crippen LogP contribution is 2.49. The van der Waals surface area contributed by atoms with Crippen LogP contribution >= 0.6 is 0 Å². The van der Waals surface area contributed by atoms with Crippen molar-refractivity contribution in [1.82, 2.24) is 9.55 Å². The van der Waals surface area contributed by atoms with Gasteiger partial charge < -0.3 is 9.47 Å². The summed E-state index contributed by atoms with van der Waals surface area (Å²) in [6, 6.07) is 17.8. The fourth-order valence-electron chi connectivity index (χ4n) is 7.81. The van der Waals surface area contributed by atoms with Gasteiger partial charge in [0, 0.05) is 34.0 Å². The van der Waals surface area contributed by atoms with Crippen LogP contribution in [0.5, 0.6) is 11.5 Å². The van der Waals surface area contributed by atoms with Crippen molar-refractivity contribution in [2.45, 2.75) is 91.2 Å². The van der Waals surface area contributed by atoms with Crippen LogP contribution in [0.15, 0.2) is 59.7 Å². The monoisotopic (exact) mass is 569 g/mol. The van der Waals surface area contributed by atoms with Crippen molar-refractivity contribution in [3.63, 3.8) is 0 Å². The Bertz CT molecular complexity index is 2030. The predicted octanol–water partition coefficient (Wildman–Crippen LogP) is 9.32. The zero-order chi connectivity index (χ0) is 29.8. The number of ether oxygens (including phenoxy) is 2. The molecule has 3 aromatic carbocycles. The third-order valence-electron chi connectivity index (χ3n) is 10.3. The van der Waals surface area contributed by atoms with Gasteiger partial charge in [-0.3, -0.25) is 4.57 Å². The molecular formula is C38H39N3O2. The zero-order valence-electron chi connectivity index (χ0n) is 26.3. The van der Waals surface area contributed by atoms with Gasteiger partial charge in [0.2, 0.25) is 5.90 Å². The van der Waals surface area contributed by atoms with Crippen molar-refractivity contribution in [3.8, 4) is 17.2 Å². The Labute approximate surface area is 253 Å². The van der Waals surface area contributed by atoms with Crippen LogP contribution in [0.2, 0.25) is 0 Å². The van der Waals surface area contributed by atoms with E-state index >= 15 is 0 Å². The Kier molecular flexibility index (Phi) is 5.52. The van der Waals surface area contributed by atoms with E-state index in [0.717, 1.165) is 63.8 Å². The average Bonchev–Trinajstić information content (AvgIpc) is 3.49. The molecule has 5 nitrogen and oxygen atoms in total. The van der Waals surface area contributed by atoms with Crippen molar-refractivity contribution >= 4 is 27.8 Å². The molecule has 5 aromatic rings. The number of aryl methyl sites for hydroxylation is 4. The highest BCUT2D eigenvalue weighted by atomic mass is 16.5. The Morgan fingerprint density at radius 3 is 2.47 bits per heavy atom. The standard InChI is InChI=1S/C38H39N3O2/c1-21-15-27-25-11-10-12-28-34(25)41(35(27)39-20-21)30-19-32(24(4)17-29(30)37(28,5)6)42-31-18-26(22(2)16-23(31)3)36-40-38(7)14-9-8-13-33(38)43-36/h10-12,15-20,33H,8-9,13-14H2,1-7H3/t33-,38-/m0/s1. The maximum Gasteiger partial charge on any atom is 0.217 e. The van der Waals surface area contributed by atoms with Gasteiger partial charge in [-0.05, 0) is 105 Å². The molecule has 218 valence electrons. The summed E-state index contributed by atoms with van der Waals surface area (Å²) in [4.78, 5) is 10.1. The number of para-hydroxylation sites is 1. The van der Waals surface area contributed by atoms with E-state index in [4.69, 9.17) is 19.5 Å². The molecular weight excluding hydrogens is 530 g/mol. The van der Waals surface area contributed by atoms with E-state index in [1.54, 1.807) is 0 Å². The minimum Gasteiger partial charge on any atom is -0.472 e. The fourth-order valence-corrected chi connectivity index (χ4v) is 7.81. The van der Waals surface area contributed by atoms with Crippen LogP contribution in [0.4, 0.5) is 0 Å². The number of rotatable bonds is 3. The van der Waals surface area contributed by atoms with E-state index < -0.39 is 0 Å². The quantitative estimate of drug-likeness (QED) is 0.218. The maximum atomic E-state index is 6.82. The summed E-state index contributed by atoms with van der Waals surface area (Å²) in [6.45, 7) is 15.4. The van der Waals surface area contributed by atoms with E-state index in [0.29, 0.717) is 0 Å². The number of benzene rings is 3. The number of hydrogen-bond donors (Lipinski definition) is 0. The first kappa shape index (κ1) is 26.5. The number of fused-ring (bicyclic) bond motifs is 6. The first-order valence-corrected chi connectivity index (χ1v) is 15.7. The molecule has 2 aliphatic heterocycles. The second-order valence-electron chi connectivity index (χ2n) is 13.8. The minimum absolute atomic E-state index is 0.123. The lowest BCUT2D eigenvalue weighted by Gasteiger charge is -2.35. The second-order valence-corrected chi connectivity index (χ2v) is 13.8. The molecule has 1 saturated carbocycles. The van der Waals surface area contributed by atoms with Gasteiger partial charge >= 0.3 is 0 Å². The number of pyridine rings is 1. The predicted molar refractivity (Wildman–Crippen MR) is 174 cm³/mol. The first-order valence-electron chi connectivity index (χ1n) is 15.7. The average molecular weight is 570 g/mol. The molecule has 0 saturated heterocycles. The summed E-state index contributed by atoms with van der Waals surface area (Å²) < 4.78 is 15.7. The molecule has 4 heterocycles. The lowest BCUT2D eigenvalue weighted by Crippen LogP contribution is -2.37. The summed E-state index contributed by atoms with van der Waals surface area (Å²) in [6.07, 6.45) is 6.71. The summed E-state index contributed by atoms with van der Waals surface area (Å²) in [5.41, 5.74) is 11.2. The van der Waals surface area contributed by atoms with Crippen LogP contribution < -0.4 is 4.74 Å². The van der Waals surface area contributed by atoms with Crippen LogP contribution in [0.1, 0.15) is 85.4 Å². The smallest absolute Gasteiger partial charge is 0.217 e. The molecule has 1 aliphatic carbocycles. The highest BCUT2D eigenvalue weighted by Gasteiger charge is 2.44.